The van der Waals surface area contributed by atoms with Crippen molar-refractivity contribution in [2.75, 3.05) is 38.1 Å². The van der Waals surface area contributed by atoms with Gasteiger partial charge in [-0.3, -0.25) is 4.79 Å². The van der Waals surface area contributed by atoms with Crippen LogP contribution in [0, 0.1) is 0 Å². The van der Waals surface area contributed by atoms with Gasteiger partial charge in [-0.2, -0.15) is 0 Å². The maximum atomic E-state index is 13.0. The van der Waals surface area contributed by atoms with E-state index >= 15 is 0 Å². The molecule has 1 fully saturated rings. The fourth-order valence-electron chi connectivity index (χ4n) is 4.67. The van der Waals surface area contributed by atoms with Crippen LogP contribution in [-0.2, 0) is 0 Å². The molecular weight excluding hydrogens is 408 g/mol. The van der Waals surface area contributed by atoms with Crippen molar-refractivity contribution in [3.8, 4) is 22.8 Å². The van der Waals surface area contributed by atoms with Gasteiger partial charge in [0.15, 0.2) is 5.43 Å². The van der Waals surface area contributed by atoms with E-state index in [1.165, 1.54) is 6.07 Å². The lowest BCUT2D eigenvalue weighted by atomic mass is 9.85. The maximum absolute atomic E-state index is 13.0. The first-order valence-electron chi connectivity index (χ1n) is 11.1. The van der Waals surface area contributed by atoms with Gasteiger partial charge in [-0.05, 0) is 58.1 Å². The average molecular weight is 439 g/mol. The molecule has 2 atom stereocenters. The number of aliphatic hydroxyl groups is 1. The summed E-state index contributed by atoms with van der Waals surface area (Å²) in [4.78, 5) is 17.2. The van der Waals surface area contributed by atoms with Crippen LogP contribution < -0.4 is 10.3 Å². The fraction of sp³-hybridized carbons (Fsp3) is 0.400. The summed E-state index contributed by atoms with van der Waals surface area (Å²) in [5.74, 6) is -0.568. The maximum Gasteiger partial charge on any atom is 0.197 e. The second-order valence-electron chi connectivity index (χ2n) is 8.45. The van der Waals surface area contributed by atoms with Crippen molar-refractivity contribution in [2.24, 2.45) is 0 Å². The zero-order chi connectivity index (χ0) is 23.0. The van der Waals surface area contributed by atoms with Crippen molar-refractivity contribution in [3.63, 3.8) is 0 Å². The first kappa shape index (κ1) is 22.2. The molecule has 0 saturated carbocycles. The summed E-state index contributed by atoms with van der Waals surface area (Å²) in [5.41, 5.74) is 1.91. The van der Waals surface area contributed by atoms with Crippen molar-refractivity contribution in [3.05, 3.63) is 52.2 Å². The van der Waals surface area contributed by atoms with Gasteiger partial charge in [0.05, 0.1) is 6.10 Å². The molecule has 7 heteroatoms. The van der Waals surface area contributed by atoms with Crippen LogP contribution in [0.3, 0.4) is 0 Å². The van der Waals surface area contributed by atoms with E-state index in [0.717, 1.165) is 37.0 Å². The number of rotatable bonds is 5. The zero-order valence-electron chi connectivity index (χ0n) is 18.7. The number of β-amino-alcohol motifs (C(OH)–C–C–N with tert-alkyl or cyclic N) is 1. The van der Waals surface area contributed by atoms with E-state index in [-0.39, 0.29) is 22.5 Å². The molecule has 4 rings (SSSR count). The van der Waals surface area contributed by atoms with Crippen LogP contribution in [0.15, 0.2) is 45.6 Å². The number of anilines is 1. The molecule has 1 saturated heterocycles. The normalized spacial score (nSPS) is 19.4. The van der Waals surface area contributed by atoms with Gasteiger partial charge in [0, 0.05) is 54.5 Å². The minimum Gasteiger partial charge on any atom is -0.507 e. The highest BCUT2D eigenvalue weighted by Crippen LogP contribution is 2.42. The van der Waals surface area contributed by atoms with Gasteiger partial charge in [-0.15, -0.1) is 0 Å². The van der Waals surface area contributed by atoms with E-state index in [2.05, 4.69) is 18.7 Å². The minimum absolute atomic E-state index is 0.0208. The Morgan fingerprint density at radius 3 is 2.41 bits per heavy atom. The molecular formula is C25H30N2O5. The molecule has 0 bridgehead atoms. The third-order valence-corrected chi connectivity index (χ3v) is 6.43. The molecule has 0 radical (unpaired) electrons. The number of aliphatic hydroxyl groups excluding tert-OH is 1. The van der Waals surface area contributed by atoms with Crippen LogP contribution in [0.25, 0.3) is 22.3 Å². The van der Waals surface area contributed by atoms with Crippen molar-refractivity contribution < 1.29 is 19.7 Å². The molecule has 0 unspecified atom stereocenters. The quantitative estimate of drug-likeness (QED) is 0.561. The minimum atomic E-state index is -0.727. The summed E-state index contributed by atoms with van der Waals surface area (Å²) >= 11 is 0. The topological polar surface area (TPSA) is 97.4 Å². The Balaban J connectivity index is 1.86. The predicted octanol–water partition coefficient (Wildman–Crippen LogP) is 3.50. The Bertz CT molecular complexity index is 1170. The number of piperidine rings is 1. The van der Waals surface area contributed by atoms with Crippen LogP contribution in [0.1, 0.15) is 31.7 Å². The molecule has 1 aromatic heterocycles. The summed E-state index contributed by atoms with van der Waals surface area (Å²) in [6.07, 6.45) is -0.132. The summed E-state index contributed by atoms with van der Waals surface area (Å²) in [6.45, 7) is 7.16. The second-order valence-corrected chi connectivity index (χ2v) is 8.45. The van der Waals surface area contributed by atoms with Crippen LogP contribution >= 0.6 is 0 Å². The average Bonchev–Trinajstić information content (AvgIpc) is 2.76. The van der Waals surface area contributed by atoms with E-state index in [4.69, 9.17) is 4.42 Å². The third kappa shape index (κ3) is 3.94. The van der Waals surface area contributed by atoms with E-state index < -0.39 is 17.5 Å². The van der Waals surface area contributed by atoms with Gasteiger partial charge in [-0.25, -0.2) is 0 Å². The first-order valence-corrected chi connectivity index (χ1v) is 11.1. The third-order valence-electron chi connectivity index (χ3n) is 6.43. The van der Waals surface area contributed by atoms with Gasteiger partial charge in [0.2, 0.25) is 0 Å². The number of likely N-dealkylation sites (tertiary alicyclic amines) is 1. The number of likely N-dealkylation sites (N-methyl/N-ethyl adjacent to an activating group) is 1. The van der Waals surface area contributed by atoms with E-state index in [9.17, 15) is 20.1 Å². The molecule has 1 aliphatic heterocycles. The molecule has 3 aromatic rings. The van der Waals surface area contributed by atoms with Gasteiger partial charge in [-0.1, -0.05) is 0 Å². The summed E-state index contributed by atoms with van der Waals surface area (Å²) in [6, 6.07) is 10.3. The van der Waals surface area contributed by atoms with Crippen LogP contribution in [-0.4, -0.2) is 59.6 Å². The molecule has 32 heavy (non-hydrogen) atoms. The molecule has 3 N–H and O–H groups in total. The fourth-order valence-corrected chi connectivity index (χ4v) is 4.67. The molecule has 0 amide bonds. The number of fused-ring (bicyclic) bond motifs is 1. The number of benzene rings is 2. The molecule has 1 aliphatic rings. The molecule has 2 heterocycles. The molecule has 2 aromatic carbocycles. The van der Waals surface area contributed by atoms with Crippen LogP contribution in [0.4, 0.5) is 5.69 Å². The predicted molar refractivity (Wildman–Crippen MR) is 126 cm³/mol. The molecule has 0 spiro atoms. The SMILES string of the molecule is CCN(CC)c1ccc(-c2cc(=O)c3c(O)cc(O)c([C@H]4CCN(C)C[C@H]4O)c3o2)cc1. The van der Waals surface area contributed by atoms with Gasteiger partial charge < -0.3 is 29.5 Å². The molecule has 170 valence electrons. The molecule has 7 nitrogen and oxygen atoms in total. The highest BCUT2D eigenvalue weighted by atomic mass is 16.3. The first-order chi connectivity index (χ1) is 15.3. The van der Waals surface area contributed by atoms with Crippen LogP contribution in [0.2, 0.25) is 0 Å². The van der Waals surface area contributed by atoms with E-state index in [0.29, 0.717) is 24.3 Å². The Morgan fingerprint density at radius 1 is 1.09 bits per heavy atom. The number of phenols is 2. The summed E-state index contributed by atoms with van der Waals surface area (Å²) in [5, 5.41) is 31.8. The molecule has 0 aliphatic carbocycles. The highest BCUT2D eigenvalue weighted by Gasteiger charge is 2.33. The van der Waals surface area contributed by atoms with Crippen molar-refractivity contribution >= 4 is 16.7 Å². The Hall–Kier alpha value is -3.03. The van der Waals surface area contributed by atoms with E-state index in [1.807, 2.05) is 36.2 Å². The lowest BCUT2D eigenvalue weighted by Gasteiger charge is -2.34. The highest BCUT2D eigenvalue weighted by molar-refractivity contribution is 5.89. The zero-order valence-corrected chi connectivity index (χ0v) is 18.7. The number of nitrogens with zero attached hydrogens (tertiary/aromatic N) is 2. The number of hydrogen-bond acceptors (Lipinski definition) is 7. The number of aromatic hydroxyl groups is 2. The second kappa shape index (κ2) is 8.84. The Morgan fingerprint density at radius 2 is 1.78 bits per heavy atom. The summed E-state index contributed by atoms with van der Waals surface area (Å²) < 4.78 is 6.14. The smallest absolute Gasteiger partial charge is 0.197 e. The standard InChI is InChI=1S/C25H30N2O5/c1-4-27(5-2)16-8-6-15(7-9-16)22-13-20(30)24-19(29)12-18(28)23(25(24)32-22)17-10-11-26(3)14-21(17)31/h6-9,12-13,17,21,28-29,31H,4-5,10-11,14H2,1-3H3/t17-,21+/m0/s1. The van der Waals surface area contributed by atoms with Crippen molar-refractivity contribution in [1.29, 1.82) is 0 Å². The van der Waals surface area contributed by atoms with Crippen molar-refractivity contribution in [2.45, 2.75) is 32.3 Å². The largest absolute Gasteiger partial charge is 0.507 e. The number of hydrogen-bond donors (Lipinski definition) is 3. The monoisotopic (exact) mass is 438 g/mol. The lowest BCUT2D eigenvalue weighted by Crippen LogP contribution is -2.40. The number of phenolic OH excluding ortho intramolecular Hbond substituents is 2. The Labute approximate surface area is 187 Å². The van der Waals surface area contributed by atoms with Crippen LogP contribution in [0.5, 0.6) is 11.5 Å². The van der Waals surface area contributed by atoms with E-state index in [1.54, 1.807) is 0 Å². The van der Waals surface area contributed by atoms with Gasteiger partial charge in [0.1, 0.15) is 28.2 Å². The summed E-state index contributed by atoms with van der Waals surface area (Å²) in [7, 11) is 1.92. The van der Waals surface area contributed by atoms with Crippen molar-refractivity contribution in [1.82, 2.24) is 4.90 Å². The van der Waals surface area contributed by atoms with Gasteiger partial charge >= 0.3 is 0 Å². The lowest BCUT2D eigenvalue weighted by molar-refractivity contribution is 0.0630. The Kier molecular flexibility index (Phi) is 6.13. The van der Waals surface area contributed by atoms with Gasteiger partial charge in [0.25, 0.3) is 0 Å².